The monoisotopic (exact) mass is 140 g/mol. The van der Waals surface area contributed by atoms with Gasteiger partial charge in [-0.25, -0.2) is 0 Å². The van der Waals surface area contributed by atoms with Crippen LogP contribution in [0.5, 0.6) is 0 Å². The van der Waals surface area contributed by atoms with Gasteiger partial charge >= 0.3 is 0 Å². The summed E-state index contributed by atoms with van der Waals surface area (Å²) in [5.41, 5.74) is 0.622. The van der Waals surface area contributed by atoms with Gasteiger partial charge < -0.3 is 0 Å². The molecule has 0 saturated heterocycles. The third-order valence-electron chi connectivity index (χ3n) is 2.61. The maximum Gasteiger partial charge on any atom is -0.0349 e. The molecule has 1 saturated carbocycles. The fourth-order valence-electron chi connectivity index (χ4n) is 2.82. The Balaban J connectivity index is 2.51. The normalized spacial score (nSPS) is 39.6. The van der Waals surface area contributed by atoms with Crippen LogP contribution in [0.4, 0.5) is 0 Å². The van der Waals surface area contributed by atoms with Crippen molar-refractivity contribution in [2.24, 2.45) is 17.3 Å². The quantitative estimate of drug-likeness (QED) is 0.483. The lowest BCUT2D eigenvalue weighted by molar-refractivity contribution is 0.143. The molecule has 0 aromatic rings. The maximum absolute atomic E-state index is 2.40. The third-order valence-corrected chi connectivity index (χ3v) is 2.61. The predicted molar refractivity (Wildman–Crippen MR) is 46.0 cm³/mol. The van der Waals surface area contributed by atoms with Crippen LogP contribution in [-0.4, -0.2) is 0 Å². The Bertz CT molecular complexity index is 101. The van der Waals surface area contributed by atoms with Crippen molar-refractivity contribution in [3.8, 4) is 0 Å². The second kappa shape index (κ2) is 2.56. The molecule has 1 aliphatic carbocycles. The Labute approximate surface area is 65.0 Å². The van der Waals surface area contributed by atoms with Crippen molar-refractivity contribution >= 4 is 0 Å². The lowest BCUT2D eigenvalue weighted by Gasteiger charge is -2.37. The summed E-state index contributed by atoms with van der Waals surface area (Å²) < 4.78 is 0. The molecule has 1 rings (SSSR count). The summed E-state index contributed by atoms with van der Waals surface area (Å²) in [5, 5.41) is 0. The molecule has 0 amide bonds. The van der Waals surface area contributed by atoms with E-state index >= 15 is 0 Å². The first kappa shape index (κ1) is 8.10. The van der Waals surface area contributed by atoms with Gasteiger partial charge in [0.1, 0.15) is 0 Å². The average Bonchev–Trinajstić information content (AvgIpc) is 1.54. The molecule has 1 fully saturated rings. The van der Waals surface area contributed by atoms with Crippen molar-refractivity contribution < 1.29 is 0 Å². The van der Waals surface area contributed by atoms with Gasteiger partial charge in [-0.2, -0.15) is 0 Å². The zero-order chi connectivity index (χ0) is 7.78. The van der Waals surface area contributed by atoms with E-state index in [0.717, 1.165) is 11.8 Å². The van der Waals surface area contributed by atoms with Crippen molar-refractivity contribution in [1.29, 1.82) is 0 Å². The van der Waals surface area contributed by atoms with Crippen LogP contribution in [0.3, 0.4) is 0 Å². The number of hydrogen-bond acceptors (Lipinski definition) is 0. The van der Waals surface area contributed by atoms with E-state index < -0.39 is 0 Å². The Morgan fingerprint density at radius 1 is 1.00 bits per heavy atom. The van der Waals surface area contributed by atoms with Gasteiger partial charge in [0.15, 0.2) is 0 Å². The van der Waals surface area contributed by atoms with Gasteiger partial charge in [0.25, 0.3) is 0 Å². The number of rotatable bonds is 0. The summed E-state index contributed by atoms with van der Waals surface area (Å²) in [6, 6.07) is 0. The van der Waals surface area contributed by atoms with Crippen LogP contribution in [0.2, 0.25) is 0 Å². The Morgan fingerprint density at radius 2 is 1.40 bits per heavy atom. The molecule has 1 aliphatic rings. The highest BCUT2D eigenvalue weighted by molar-refractivity contribution is 4.80. The standard InChI is InChI=1S/C10H20/c1-8-5-9(2)7-10(3,4)6-8/h8-9H,5-7H2,1-4H3. The molecule has 0 nitrogen and oxygen atoms in total. The lowest BCUT2D eigenvalue weighted by atomic mass is 9.69. The summed E-state index contributed by atoms with van der Waals surface area (Å²) in [5.74, 6) is 1.91. The van der Waals surface area contributed by atoms with Gasteiger partial charge in [-0.05, 0) is 36.5 Å². The lowest BCUT2D eigenvalue weighted by Crippen LogP contribution is -2.25. The summed E-state index contributed by atoms with van der Waals surface area (Å²) in [4.78, 5) is 0. The molecule has 2 unspecified atom stereocenters. The van der Waals surface area contributed by atoms with E-state index in [0.29, 0.717) is 5.41 Å². The predicted octanol–water partition coefficient (Wildman–Crippen LogP) is 3.47. The summed E-state index contributed by atoms with van der Waals surface area (Å²) >= 11 is 0. The van der Waals surface area contributed by atoms with Gasteiger partial charge in [-0.3, -0.25) is 0 Å². The SMILES string of the molecule is CC1CC(C)CC(C)(C)C1. The van der Waals surface area contributed by atoms with E-state index in [1.54, 1.807) is 0 Å². The van der Waals surface area contributed by atoms with Crippen molar-refractivity contribution in [1.82, 2.24) is 0 Å². The second-order valence-electron chi connectivity index (χ2n) is 5.02. The van der Waals surface area contributed by atoms with Crippen LogP contribution >= 0.6 is 0 Å². The second-order valence-corrected chi connectivity index (χ2v) is 5.02. The van der Waals surface area contributed by atoms with Crippen molar-refractivity contribution in [2.75, 3.05) is 0 Å². The van der Waals surface area contributed by atoms with Crippen molar-refractivity contribution in [3.63, 3.8) is 0 Å². The molecule has 0 heteroatoms. The van der Waals surface area contributed by atoms with Crippen LogP contribution in [-0.2, 0) is 0 Å². The van der Waals surface area contributed by atoms with E-state index in [1.165, 1.54) is 19.3 Å². The largest absolute Gasteiger partial charge is 0.0625 e. The average molecular weight is 140 g/mol. The van der Waals surface area contributed by atoms with E-state index in [9.17, 15) is 0 Å². The van der Waals surface area contributed by atoms with Crippen molar-refractivity contribution in [2.45, 2.75) is 47.0 Å². The van der Waals surface area contributed by atoms with Gasteiger partial charge in [0, 0.05) is 0 Å². The zero-order valence-electron chi connectivity index (χ0n) is 7.78. The Hall–Kier alpha value is 0. The molecule has 0 heterocycles. The van der Waals surface area contributed by atoms with E-state index in [2.05, 4.69) is 27.7 Å². The van der Waals surface area contributed by atoms with Crippen LogP contribution < -0.4 is 0 Å². The Kier molecular flexibility index (Phi) is 2.07. The fraction of sp³-hybridized carbons (Fsp3) is 1.00. The minimum Gasteiger partial charge on any atom is -0.0625 e. The van der Waals surface area contributed by atoms with Gasteiger partial charge in [-0.15, -0.1) is 0 Å². The first-order chi connectivity index (χ1) is 4.49. The topological polar surface area (TPSA) is 0 Å². The number of hydrogen-bond donors (Lipinski definition) is 0. The van der Waals surface area contributed by atoms with Gasteiger partial charge in [0.2, 0.25) is 0 Å². The molecule has 0 radical (unpaired) electrons. The van der Waals surface area contributed by atoms with Crippen molar-refractivity contribution in [3.05, 3.63) is 0 Å². The van der Waals surface area contributed by atoms with E-state index in [-0.39, 0.29) is 0 Å². The smallest absolute Gasteiger partial charge is 0.0349 e. The molecule has 0 spiro atoms. The maximum atomic E-state index is 2.40. The molecule has 0 aromatic heterocycles. The summed E-state index contributed by atoms with van der Waals surface area (Å²) in [6.45, 7) is 9.58. The molecule has 2 atom stereocenters. The van der Waals surface area contributed by atoms with E-state index in [4.69, 9.17) is 0 Å². The molecule has 0 aromatic carbocycles. The molecule has 0 N–H and O–H groups in total. The van der Waals surface area contributed by atoms with Crippen LogP contribution in [0, 0.1) is 17.3 Å². The molecule has 0 aliphatic heterocycles. The first-order valence-corrected chi connectivity index (χ1v) is 4.49. The van der Waals surface area contributed by atoms with Gasteiger partial charge in [0.05, 0.1) is 0 Å². The zero-order valence-corrected chi connectivity index (χ0v) is 7.78. The molecule has 10 heavy (non-hydrogen) atoms. The van der Waals surface area contributed by atoms with Crippen LogP contribution in [0.15, 0.2) is 0 Å². The molecular weight excluding hydrogens is 120 g/mol. The minimum absolute atomic E-state index is 0.622. The minimum atomic E-state index is 0.622. The molecule has 60 valence electrons. The summed E-state index contributed by atoms with van der Waals surface area (Å²) in [6.07, 6.45) is 4.30. The summed E-state index contributed by atoms with van der Waals surface area (Å²) in [7, 11) is 0. The first-order valence-electron chi connectivity index (χ1n) is 4.49. The fourth-order valence-corrected chi connectivity index (χ4v) is 2.82. The Morgan fingerprint density at radius 3 is 1.70 bits per heavy atom. The molecular formula is C10H20. The van der Waals surface area contributed by atoms with Crippen LogP contribution in [0.1, 0.15) is 47.0 Å². The third kappa shape index (κ3) is 2.00. The van der Waals surface area contributed by atoms with E-state index in [1.807, 2.05) is 0 Å². The van der Waals surface area contributed by atoms with Crippen LogP contribution in [0.25, 0.3) is 0 Å². The molecule has 0 bridgehead atoms. The highest BCUT2D eigenvalue weighted by atomic mass is 14.3. The highest BCUT2D eigenvalue weighted by Gasteiger charge is 2.29. The van der Waals surface area contributed by atoms with Gasteiger partial charge in [-0.1, -0.05) is 27.7 Å². The highest BCUT2D eigenvalue weighted by Crippen LogP contribution is 2.41.